The van der Waals surface area contributed by atoms with Crippen LogP contribution in [0.4, 0.5) is 5.82 Å². The average Bonchev–Trinajstić information content (AvgIpc) is 3.26. The lowest BCUT2D eigenvalue weighted by Gasteiger charge is -2.37. The number of nitrogens with zero attached hydrogens (tertiary/aromatic N) is 4. The lowest BCUT2D eigenvalue weighted by atomic mass is 10.0. The lowest BCUT2D eigenvalue weighted by Crippen LogP contribution is -2.55. The van der Waals surface area contributed by atoms with Crippen LogP contribution >= 0.6 is 0 Å². The van der Waals surface area contributed by atoms with E-state index in [9.17, 15) is 9.90 Å². The summed E-state index contributed by atoms with van der Waals surface area (Å²) in [7, 11) is 1.53. The van der Waals surface area contributed by atoms with Crippen molar-refractivity contribution < 1.29 is 19.2 Å². The van der Waals surface area contributed by atoms with Crippen molar-refractivity contribution >= 4 is 11.7 Å². The number of amides is 1. The maximum absolute atomic E-state index is 12.9. The van der Waals surface area contributed by atoms with Gasteiger partial charge in [0.05, 0.1) is 25.5 Å². The van der Waals surface area contributed by atoms with E-state index in [0.29, 0.717) is 42.5 Å². The number of piperidine rings is 1. The summed E-state index contributed by atoms with van der Waals surface area (Å²) in [6.07, 6.45) is 4.31. The van der Waals surface area contributed by atoms with Gasteiger partial charge in [0.1, 0.15) is 5.56 Å². The molecule has 3 heterocycles. The second kappa shape index (κ2) is 8.27. The number of ether oxygens (including phenoxy) is 1. The Bertz CT molecular complexity index is 978. The molecule has 1 saturated heterocycles. The second-order valence-corrected chi connectivity index (χ2v) is 6.71. The molecule has 3 aromatic rings. The number of hydrogen-bond acceptors (Lipinski definition) is 8. The minimum Gasteiger partial charge on any atom is -0.478 e. The third kappa shape index (κ3) is 3.90. The fourth-order valence-corrected chi connectivity index (χ4v) is 3.40. The molecule has 1 aliphatic heterocycles. The molecular formula is C20H21N5O4. The van der Waals surface area contributed by atoms with Gasteiger partial charge in [0, 0.05) is 31.0 Å². The molecular weight excluding hydrogens is 374 g/mol. The van der Waals surface area contributed by atoms with E-state index >= 15 is 0 Å². The first-order chi connectivity index (χ1) is 14.2. The van der Waals surface area contributed by atoms with Crippen molar-refractivity contribution in [2.75, 3.05) is 25.1 Å². The number of rotatable bonds is 5. The van der Waals surface area contributed by atoms with Crippen LogP contribution in [0.2, 0.25) is 0 Å². The number of anilines is 1. The Balaban J connectivity index is 1.52. The normalized spacial score (nSPS) is 19.0. The van der Waals surface area contributed by atoms with Crippen LogP contribution in [-0.4, -0.2) is 58.5 Å². The van der Waals surface area contributed by atoms with Crippen LogP contribution in [0.25, 0.3) is 11.3 Å². The first kappa shape index (κ1) is 18.9. The maximum atomic E-state index is 12.9. The molecule has 0 aliphatic carbocycles. The van der Waals surface area contributed by atoms with Crippen molar-refractivity contribution in [2.24, 2.45) is 0 Å². The SMILES string of the molecule is COc1nccnc1N1CC[C@H](O)[C@H](NC(=O)c2cnoc2-c2ccccc2)C1. The molecule has 2 N–H and O–H groups in total. The highest BCUT2D eigenvalue weighted by Gasteiger charge is 2.32. The zero-order valence-electron chi connectivity index (χ0n) is 15.9. The molecule has 1 aromatic carbocycles. The molecule has 0 radical (unpaired) electrons. The monoisotopic (exact) mass is 395 g/mol. The third-order valence-electron chi connectivity index (χ3n) is 4.88. The Morgan fingerprint density at radius 2 is 2.07 bits per heavy atom. The fraction of sp³-hybridized carbons (Fsp3) is 0.300. The van der Waals surface area contributed by atoms with Crippen LogP contribution in [0.1, 0.15) is 16.8 Å². The first-order valence-electron chi connectivity index (χ1n) is 9.26. The van der Waals surface area contributed by atoms with Gasteiger partial charge >= 0.3 is 0 Å². The van der Waals surface area contributed by atoms with Crippen LogP contribution in [0, 0.1) is 0 Å². The fourth-order valence-electron chi connectivity index (χ4n) is 3.40. The number of hydrogen-bond donors (Lipinski definition) is 2. The topological polar surface area (TPSA) is 114 Å². The van der Waals surface area contributed by atoms with Crippen LogP contribution in [0.3, 0.4) is 0 Å². The molecule has 0 unspecified atom stereocenters. The van der Waals surface area contributed by atoms with Gasteiger partial charge in [-0.15, -0.1) is 0 Å². The zero-order chi connectivity index (χ0) is 20.2. The van der Waals surface area contributed by atoms with E-state index in [-0.39, 0.29) is 5.91 Å². The number of carbonyl (C=O) groups excluding carboxylic acids is 1. The van der Waals surface area contributed by atoms with E-state index < -0.39 is 12.1 Å². The highest BCUT2D eigenvalue weighted by molar-refractivity contribution is 5.99. The van der Waals surface area contributed by atoms with E-state index in [1.54, 1.807) is 12.4 Å². The molecule has 0 saturated carbocycles. The summed E-state index contributed by atoms with van der Waals surface area (Å²) in [5, 5.41) is 17.1. The minimum absolute atomic E-state index is 0.317. The number of carbonyl (C=O) groups is 1. The van der Waals surface area contributed by atoms with Crippen LogP contribution in [0.5, 0.6) is 5.88 Å². The molecule has 9 heteroatoms. The highest BCUT2D eigenvalue weighted by Crippen LogP contribution is 2.27. The van der Waals surface area contributed by atoms with Gasteiger partial charge in [0.25, 0.3) is 11.8 Å². The first-order valence-corrected chi connectivity index (χ1v) is 9.26. The summed E-state index contributed by atoms with van der Waals surface area (Å²) in [5.41, 5.74) is 1.07. The third-order valence-corrected chi connectivity index (χ3v) is 4.88. The Hall–Kier alpha value is -3.46. The van der Waals surface area contributed by atoms with Crippen LogP contribution in [-0.2, 0) is 0 Å². The summed E-state index contributed by atoms with van der Waals surface area (Å²) in [6.45, 7) is 0.943. The summed E-state index contributed by atoms with van der Waals surface area (Å²) in [4.78, 5) is 23.3. The molecule has 1 amide bonds. The molecule has 2 aromatic heterocycles. The molecule has 0 spiro atoms. The summed E-state index contributed by atoms with van der Waals surface area (Å²) in [5.74, 6) is 1.01. The van der Waals surface area contributed by atoms with Gasteiger partial charge in [-0.1, -0.05) is 35.5 Å². The van der Waals surface area contributed by atoms with E-state index in [4.69, 9.17) is 9.26 Å². The van der Waals surface area contributed by atoms with Gasteiger partial charge in [0.15, 0.2) is 11.6 Å². The highest BCUT2D eigenvalue weighted by atomic mass is 16.5. The predicted molar refractivity (Wildman–Crippen MR) is 105 cm³/mol. The van der Waals surface area contributed by atoms with Gasteiger partial charge in [-0.3, -0.25) is 4.79 Å². The molecule has 150 valence electrons. The summed E-state index contributed by atoms with van der Waals surface area (Å²) >= 11 is 0. The smallest absolute Gasteiger partial charge is 0.257 e. The largest absolute Gasteiger partial charge is 0.478 e. The Labute approximate surface area is 167 Å². The van der Waals surface area contributed by atoms with E-state index in [1.165, 1.54) is 13.3 Å². The molecule has 1 fully saturated rings. The molecule has 2 atom stereocenters. The zero-order valence-corrected chi connectivity index (χ0v) is 15.9. The quantitative estimate of drug-likeness (QED) is 0.668. The Morgan fingerprint density at radius 3 is 2.86 bits per heavy atom. The maximum Gasteiger partial charge on any atom is 0.257 e. The van der Waals surface area contributed by atoms with Crippen molar-refractivity contribution in [1.82, 2.24) is 20.4 Å². The van der Waals surface area contributed by atoms with Gasteiger partial charge in [-0.25, -0.2) is 9.97 Å². The van der Waals surface area contributed by atoms with Gasteiger partial charge in [-0.05, 0) is 6.42 Å². The number of benzene rings is 1. The summed E-state index contributed by atoms with van der Waals surface area (Å²) in [6, 6.07) is 8.78. The van der Waals surface area contributed by atoms with Gasteiger partial charge in [-0.2, -0.15) is 0 Å². The van der Waals surface area contributed by atoms with Gasteiger partial charge in [0.2, 0.25) is 0 Å². The van der Waals surface area contributed by atoms with E-state index in [1.807, 2.05) is 35.2 Å². The number of aliphatic hydroxyl groups is 1. The lowest BCUT2D eigenvalue weighted by molar-refractivity contribution is 0.0785. The number of nitrogens with one attached hydrogen (secondary N) is 1. The molecule has 0 bridgehead atoms. The molecule has 29 heavy (non-hydrogen) atoms. The van der Waals surface area contributed by atoms with E-state index in [0.717, 1.165) is 5.56 Å². The second-order valence-electron chi connectivity index (χ2n) is 6.71. The Kier molecular flexibility index (Phi) is 5.39. The van der Waals surface area contributed by atoms with E-state index in [2.05, 4.69) is 20.4 Å². The predicted octanol–water partition coefficient (Wildman–Crippen LogP) is 1.51. The Morgan fingerprint density at radius 1 is 1.28 bits per heavy atom. The van der Waals surface area contributed by atoms with Gasteiger partial charge < -0.3 is 24.6 Å². The van der Waals surface area contributed by atoms with Crippen molar-refractivity contribution in [3.05, 3.63) is 54.5 Å². The van der Waals surface area contributed by atoms with Crippen LogP contribution < -0.4 is 15.0 Å². The van der Waals surface area contributed by atoms with Crippen LogP contribution in [0.15, 0.2) is 53.4 Å². The molecule has 4 rings (SSSR count). The number of aromatic nitrogens is 3. The van der Waals surface area contributed by atoms with Crippen molar-refractivity contribution in [3.8, 4) is 17.2 Å². The molecule has 9 nitrogen and oxygen atoms in total. The number of methoxy groups -OCH3 is 1. The standard InChI is InChI=1S/C20H21N5O4/c1-28-20-18(21-8-9-22-20)25-10-7-16(26)15(12-25)24-19(27)14-11-23-29-17(14)13-5-3-2-4-6-13/h2-6,8-9,11,15-16,26H,7,10,12H2,1H3,(H,24,27)/t15-,16+/m1/s1. The molecule has 1 aliphatic rings. The average molecular weight is 395 g/mol. The van der Waals surface area contributed by atoms with Crippen molar-refractivity contribution in [2.45, 2.75) is 18.6 Å². The minimum atomic E-state index is -0.682. The van der Waals surface area contributed by atoms with Crippen molar-refractivity contribution in [3.63, 3.8) is 0 Å². The van der Waals surface area contributed by atoms with Crippen molar-refractivity contribution in [1.29, 1.82) is 0 Å². The summed E-state index contributed by atoms with van der Waals surface area (Å²) < 4.78 is 10.6. The number of aliphatic hydroxyl groups excluding tert-OH is 1.